The molecule has 0 aromatic heterocycles. The van der Waals surface area contributed by atoms with Gasteiger partial charge in [0.25, 0.3) is 5.91 Å². The van der Waals surface area contributed by atoms with Crippen LogP contribution in [0.2, 0.25) is 0 Å². The molecule has 106 valence electrons. The highest BCUT2D eigenvalue weighted by atomic mass is 16.1. The van der Waals surface area contributed by atoms with Crippen molar-refractivity contribution in [2.75, 3.05) is 13.1 Å². The van der Waals surface area contributed by atoms with Crippen LogP contribution in [0.1, 0.15) is 42.6 Å². The molecule has 20 heavy (non-hydrogen) atoms. The topological polar surface area (TPSA) is 56.1 Å². The molecule has 1 aliphatic rings. The fourth-order valence-corrected chi connectivity index (χ4v) is 2.53. The molecule has 1 amide bonds. The molecule has 0 saturated carbocycles. The molecule has 0 unspecified atom stereocenters. The summed E-state index contributed by atoms with van der Waals surface area (Å²) in [5.41, 5.74) is 1.20. The third kappa shape index (κ3) is 3.58. The van der Waals surface area contributed by atoms with Crippen LogP contribution >= 0.6 is 0 Å². The lowest BCUT2D eigenvalue weighted by molar-refractivity contribution is 0.0900. The van der Waals surface area contributed by atoms with Crippen molar-refractivity contribution in [3.8, 4) is 6.07 Å². The number of carbonyl (C=O) groups is 1. The summed E-state index contributed by atoms with van der Waals surface area (Å²) < 4.78 is 0. The first-order valence-corrected chi connectivity index (χ1v) is 7.15. The SMILES string of the molecule is CC(C)N1CCC(NC(=O)c2ccc(C#N)cc2)CC1. The largest absolute Gasteiger partial charge is 0.349 e. The van der Waals surface area contributed by atoms with Crippen molar-refractivity contribution in [3.05, 3.63) is 35.4 Å². The second-order valence-electron chi connectivity index (χ2n) is 5.57. The number of hydrogen-bond donors (Lipinski definition) is 1. The normalized spacial score (nSPS) is 16.9. The van der Waals surface area contributed by atoms with Crippen molar-refractivity contribution >= 4 is 5.91 Å². The standard InChI is InChI=1S/C16H21N3O/c1-12(2)19-9-7-15(8-10-19)18-16(20)14-5-3-13(11-17)4-6-14/h3-6,12,15H,7-10H2,1-2H3,(H,18,20). The molecule has 1 saturated heterocycles. The van der Waals surface area contributed by atoms with Crippen LogP contribution in [-0.2, 0) is 0 Å². The van der Waals surface area contributed by atoms with Gasteiger partial charge in [0.2, 0.25) is 0 Å². The zero-order chi connectivity index (χ0) is 14.5. The predicted octanol–water partition coefficient (Wildman–Crippen LogP) is 2.16. The molecule has 0 atom stereocenters. The Labute approximate surface area is 120 Å². The number of hydrogen-bond acceptors (Lipinski definition) is 3. The number of nitrogens with one attached hydrogen (secondary N) is 1. The van der Waals surface area contributed by atoms with Gasteiger partial charge < -0.3 is 10.2 Å². The van der Waals surface area contributed by atoms with Gasteiger partial charge in [-0.15, -0.1) is 0 Å². The summed E-state index contributed by atoms with van der Waals surface area (Å²) >= 11 is 0. The molecular weight excluding hydrogens is 250 g/mol. The highest BCUT2D eigenvalue weighted by Gasteiger charge is 2.22. The fraction of sp³-hybridized carbons (Fsp3) is 0.500. The van der Waals surface area contributed by atoms with Gasteiger partial charge in [-0.2, -0.15) is 5.26 Å². The number of likely N-dealkylation sites (tertiary alicyclic amines) is 1. The Kier molecular flexibility index (Phi) is 4.75. The van der Waals surface area contributed by atoms with Crippen LogP contribution in [0, 0.1) is 11.3 Å². The highest BCUT2D eigenvalue weighted by Crippen LogP contribution is 2.13. The van der Waals surface area contributed by atoms with Gasteiger partial charge in [-0.3, -0.25) is 4.79 Å². The molecule has 2 rings (SSSR count). The number of benzene rings is 1. The number of nitriles is 1. The van der Waals surface area contributed by atoms with E-state index in [0.717, 1.165) is 25.9 Å². The van der Waals surface area contributed by atoms with E-state index < -0.39 is 0 Å². The molecule has 0 bridgehead atoms. The first-order chi connectivity index (χ1) is 9.60. The molecular formula is C16H21N3O. The summed E-state index contributed by atoms with van der Waals surface area (Å²) in [6.07, 6.45) is 2.00. The highest BCUT2D eigenvalue weighted by molar-refractivity contribution is 5.94. The van der Waals surface area contributed by atoms with E-state index in [1.54, 1.807) is 24.3 Å². The Bertz CT molecular complexity index is 493. The van der Waals surface area contributed by atoms with Crippen molar-refractivity contribution in [1.82, 2.24) is 10.2 Å². The van der Waals surface area contributed by atoms with E-state index in [1.165, 1.54) is 0 Å². The number of piperidine rings is 1. The van der Waals surface area contributed by atoms with E-state index in [1.807, 2.05) is 0 Å². The minimum absolute atomic E-state index is 0.0440. The smallest absolute Gasteiger partial charge is 0.251 e. The summed E-state index contributed by atoms with van der Waals surface area (Å²) in [6, 6.07) is 9.65. The van der Waals surface area contributed by atoms with Gasteiger partial charge in [-0.1, -0.05) is 0 Å². The Hall–Kier alpha value is -1.86. The maximum Gasteiger partial charge on any atom is 0.251 e. The molecule has 4 nitrogen and oxygen atoms in total. The molecule has 1 N–H and O–H groups in total. The summed E-state index contributed by atoms with van der Waals surface area (Å²) in [5.74, 6) is -0.0440. The van der Waals surface area contributed by atoms with Crippen LogP contribution in [0.5, 0.6) is 0 Å². The second-order valence-corrected chi connectivity index (χ2v) is 5.57. The molecule has 0 radical (unpaired) electrons. The average Bonchev–Trinajstić information content (AvgIpc) is 2.48. The Morgan fingerprint density at radius 1 is 1.30 bits per heavy atom. The van der Waals surface area contributed by atoms with Crippen LogP contribution in [-0.4, -0.2) is 36.0 Å². The molecule has 1 heterocycles. The van der Waals surface area contributed by atoms with Gasteiger partial charge in [-0.05, 0) is 51.0 Å². The summed E-state index contributed by atoms with van der Waals surface area (Å²) in [7, 11) is 0. The maximum atomic E-state index is 12.1. The first-order valence-electron chi connectivity index (χ1n) is 7.15. The number of nitrogens with zero attached hydrogens (tertiary/aromatic N) is 2. The van der Waals surface area contributed by atoms with Crippen LogP contribution in [0.4, 0.5) is 0 Å². The van der Waals surface area contributed by atoms with Crippen LogP contribution in [0.25, 0.3) is 0 Å². The zero-order valence-electron chi connectivity index (χ0n) is 12.1. The number of carbonyl (C=O) groups excluding carboxylic acids is 1. The van der Waals surface area contributed by atoms with Crippen molar-refractivity contribution in [3.63, 3.8) is 0 Å². The molecule has 4 heteroatoms. The fourth-order valence-electron chi connectivity index (χ4n) is 2.53. The van der Waals surface area contributed by atoms with Crippen LogP contribution in [0.15, 0.2) is 24.3 Å². The van der Waals surface area contributed by atoms with Gasteiger partial charge in [0.05, 0.1) is 11.6 Å². The van der Waals surface area contributed by atoms with Gasteiger partial charge in [0.15, 0.2) is 0 Å². The third-order valence-corrected chi connectivity index (χ3v) is 3.87. The van der Waals surface area contributed by atoms with Gasteiger partial charge in [-0.25, -0.2) is 0 Å². The maximum absolute atomic E-state index is 12.1. The second kappa shape index (κ2) is 6.53. The van der Waals surface area contributed by atoms with E-state index in [-0.39, 0.29) is 11.9 Å². The number of amides is 1. The van der Waals surface area contributed by atoms with E-state index in [9.17, 15) is 4.79 Å². The van der Waals surface area contributed by atoms with Crippen LogP contribution in [0.3, 0.4) is 0 Å². The van der Waals surface area contributed by atoms with E-state index in [4.69, 9.17) is 5.26 Å². The summed E-state index contributed by atoms with van der Waals surface area (Å²) in [4.78, 5) is 14.6. The Balaban J connectivity index is 1.87. The minimum Gasteiger partial charge on any atom is -0.349 e. The van der Waals surface area contributed by atoms with Crippen LogP contribution < -0.4 is 5.32 Å². The Morgan fingerprint density at radius 3 is 2.40 bits per heavy atom. The van der Waals surface area contributed by atoms with Crippen molar-refractivity contribution in [2.45, 2.75) is 38.8 Å². The van der Waals surface area contributed by atoms with Gasteiger partial charge in [0.1, 0.15) is 0 Å². The van der Waals surface area contributed by atoms with E-state index >= 15 is 0 Å². The first kappa shape index (κ1) is 14.5. The molecule has 0 spiro atoms. The van der Waals surface area contributed by atoms with Gasteiger partial charge >= 0.3 is 0 Å². The van der Waals surface area contributed by atoms with E-state index in [2.05, 4.69) is 30.1 Å². The molecule has 1 fully saturated rings. The third-order valence-electron chi connectivity index (χ3n) is 3.87. The molecule has 1 aliphatic heterocycles. The number of rotatable bonds is 3. The van der Waals surface area contributed by atoms with Crippen molar-refractivity contribution in [2.24, 2.45) is 0 Å². The predicted molar refractivity (Wildman–Crippen MR) is 78.4 cm³/mol. The summed E-state index contributed by atoms with van der Waals surface area (Å²) in [6.45, 7) is 6.48. The molecule has 1 aromatic carbocycles. The average molecular weight is 271 g/mol. The zero-order valence-corrected chi connectivity index (χ0v) is 12.1. The monoisotopic (exact) mass is 271 g/mol. The van der Waals surface area contributed by atoms with Crippen molar-refractivity contribution in [1.29, 1.82) is 5.26 Å². The summed E-state index contributed by atoms with van der Waals surface area (Å²) in [5, 5.41) is 11.8. The lowest BCUT2D eigenvalue weighted by Crippen LogP contribution is -2.46. The van der Waals surface area contributed by atoms with E-state index in [0.29, 0.717) is 17.2 Å². The van der Waals surface area contributed by atoms with Gasteiger partial charge in [0, 0.05) is 30.7 Å². The van der Waals surface area contributed by atoms with Crippen molar-refractivity contribution < 1.29 is 4.79 Å². The lowest BCUT2D eigenvalue weighted by atomic mass is 10.0. The Morgan fingerprint density at radius 2 is 1.90 bits per heavy atom. The quantitative estimate of drug-likeness (QED) is 0.916. The molecule has 1 aromatic rings. The molecule has 0 aliphatic carbocycles. The lowest BCUT2D eigenvalue weighted by Gasteiger charge is -2.34. The minimum atomic E-state index is -0.0440.